The van der Waals surface area contributed by atoms with Gasteiger partial charge in [-0.05, 0) is 19.3 Å². The minimum absolute atomic E-state index is 0.0651. The number of carbonyl (C=O) groups is 1. The summed E-state index contributed by atoms with van der Waals surface area (Å²) in [5, 5.41) is 13.9. The molecule has 0 aliphatic rings. The number of quaternary nitrogens is 1. The Morgan fingerprint density at radius 1 is 0.485 bits per heavy atom. The first-order chi connectivity index (χ1) is 33.0. The maximum absolute atomic E-state index is 13.0. The van der Waals surface area contributed by atoms with Crippen molar-refractivity contribution in [2.75, 3.05) is 40.9 Å². The number of aliphatic hydroxyl groups is 1. The van der Waals surface area contributed by atoms with Crippen LogP contribution in [0.1, 0.15) is 309 Å². The number of aliphatic hydroxyl groups excluding tert-OH is 1. The summed E-state index contributed by atoms with van der Waals surface area (Å²) >= 11 is 0. The maximum Gasteiger partial charge on any atom is 0.472 e. The summed E-state index contributed by atoms with van der Waals surface area (Å²) in [6.07, 6.45) is 63.3. The van der Waals surface area contributed by atoms with Crippen LogP contribution in [0.25, 0.3) is 0 Å². The summed E-state index contributed by atoms with van der Waals surface area (Å²) in [7, 11) is 1.59. The first-order valence-electron chi connectivity index (χ1n) is 30.1. The van der Waals surface area contributed by atoms with Crippen molar-refractivity contribution in [2.45, 2.75) is 321 Å². The molecule has 0 aliphatic heterocycles. The highest BCUT2D eigenvalue weighted by atomic mass is 31.2. The van der Waals surface area contributed by atoms with Crippen molar-refractivity contribution in [2.24, 2.45) is 0 Å². The monoisotopic (exact) mass is 984 g/mol. The summed E-state index contributed by atoms with van der Waals surface area (Å²) < 4.78 is 23.7. The Kier molecular flexibility index (Phi) is 50.6. The second kappa shape index (κ2) is 51.2. The van der Waals surface area contributed by atoms with E-state index in [0.29, 0.717) is 17.4 Å². The van der Waals surface area contributed by atoms with Gasteiger partial charge >= 0.3 is 7.82 Å². The van der Waals surface area contributed by atoms with E-state index in [2.05, 4.69) is 19.2 Å². The van der Waals surface area contributed by atoms with Crippen LogP contribution < -0.4 is 5.32 Å². The van der Waals surface area contributed by atoms with E-state index in [1.54, 1.807) is 6.08 Å². The van der Waals surface area contributed by atoms with Crippen molar-refractivity contribution in [3.05, 3.63) is 12.2 Å². The first-order valence-corrected chi connectivity index (χ1v) is 31.6. The number of amides is 1. The highest BCUT2D eigenvalue weighted by molar-refractivity contribution is 7.47. The lowest BCUT2D eigenvalue weighted by molar-refractivity contribution is -0.870. The average molecular weight is 985 g/mol. The number of carbonyl (C=O) groups excluding carboxylic acids is 1. The number of nitrogens with one attached hydrogen (secondary N) is 1. The normalized spacial score (nSPS) is 13.9. The molecule has 0 heterocycles. The van der Waals surface area contributed by atoms with Crippen LogP contribution >= 0.6 is 7.82 Å². The SMILES string of the molecule is CCCCCCCCCCCCCCCC/C=C/C(O)C(COP(=O)(O)OCC[N+](C)(C)C)NC(=O)CCCCCCCCCCCCCCCCCCCCCCCCCCCCCCCC. The molecule has 8 nitrogen and oxygen atoms in total. The Hall–Kier alpha value is -0.760. The zero-order valence-corrected chi connectivity index (χ0v) is 47.3. The van der Waals surface area contributed by atoms with Crippen LogP contribution in [0.15, 0.2) is 12.2 Å². The number of allylic oxidation sites excluding steroid dienone is 1. The van der Waals surface area contributed by atoms with Gasteiger partial charge in [0, 0.05) is 6.42 Å². The summed E-state index contributed by atoms with van der Waals surface area (Å²) in [5.74, 6) is -0.169. The first kappa shape index (κ1) is 67.2. The number of likely N-dealkylation sites (N-methyl/N-ethyl adjacent to an activating group) is 1. The van der Waals surface area contributed by atoms with Gasteiger partial charge in [-0.3, -0.25) is 13.8 Å². The van der Waals surface area contributed by atoms with Crippen LogP contribution in [0.5, 0.6) is 0 Å². The molecule has 9 heteroatoms. The zero-order valence-electron chi connectivity index (χ0n) is 46.4. The van der Waals surface area contributed by atoms with Crippen molar-refractivity contribution < 1.29 is 32.9 Å². The largest absolute Gasteiger partial charge is 0.472 e. The van der Waals surface area contributed by atoms with Crippen molar-refractivity contribution in [1.82, 2.24) is 5.32 Å². The molecule has 0 fully saturated rings. The van der Waals surface area contributed by atoms with E-state index in [9.17, 15) is 19.4 Å². The van der Waals surface area contributed by atoms with Crippen LogP contribution in [0.2, 0.25) is 0 Å². The van der Waals surface area contributed by atoms with Gasteiger partial charge in [-0.1, -0.05) is 296 Å². The van der Waals surface area contributed by atoms with Crippen LogP contribution in [-0.2, 0) is 18.4 Å². The lowest BCUT2D eigenvalue weighted by atomic mass is 10.0. The smallest absolute Gasteiger partial charge is 0.387 e. The number of unbranched alkanes of at least 4 members (excludes halogenated alkanes) is 43. The van der Waals surface area contributed by atoms with E-state index >= 15 is 0 Å². The molecule has 406 valence electrons. The number of phosphoric acid groups is 1. The van der Waals surface area contributed by atoms with E-state index < -0.39 is 20.0 Å². The molecule has 3 atom stereocenters. The standard InChI is InChI=1S/C59H119N2O6P/c1-6-8-10-12-14-16-18-20-22-24-25-26-27-28-29-30-31-32-33-34-35-36-37-39-41-43-45-47-49-51-53-59(63)60-57(56-67-68(64,65)66-55-54-61(3,4)5)58(62)52-50-48-46-44-42-40-38-23-21-19-17-15-13-11-9-7-2/h50,52,57-58,62H,6-49,51,53-56H2,1-5H3,(H-,60,63,64,65)/p+1/b52-50+. The van der Waals surface area contributed by atoms with Gasteiger partial charge < -0.3 is 19.8 Å². The summed E-state index contributed by atoms with van der Waals surface area (Å²) in [4.78, 5) is 23.3. The lowest BCUT2D eigenvalue weighted by Gasteiger charge is -2.25. The quantitative estimate of drug-likeness (QED) is 0.0243. The minimum atomic E-state index is -4.34. The molecule has 0 bridgehead atoms. The Morgan fingerprint density at radius 2 is 0.779 bits per heavy atom. The van der Waals surface area contributed by atoms with E-state index in [4.69, 9.17) is 9.05 Å². The number of hydrogen-bond acceptors (Lipinski definition) is 5. The Balaban J connectivity index is 4.04. The number of nitrogens with zero attached hydrogens (tertiary/aromatic N) is 1. The molecule has 0 aromatic rings. The van der Waals surface area contributed by atoms with Crippen molar-refractivity contribution in [3.8, 4) is 0 Å². The second-order valence-electron chi connectivity index (χ2n) is 22.1. The summed E-state index contributed by atoms with van der Waals surface area (Å²) in [6.45, 7) is 4.87. The van der Waals surface area contributed by atoms with Gasteiger partial charge in [-0.2, -0.15) is 0 Å². The van der Waals surface area contributed by atoms with Crippen LogP contribution in [0.3, 0.4) is 0 Å². The van der Waals surface area contributed by atoms with Gasteiger partial charge in [0.15, 0.2) is 0 Å². The molecule has 0 spiro atoms. The highest BCUT2D eigenvalue weighted by Gasteiger charge is 2.27. The average Bonchev–Trinajstić information content (AvgIpc) is 3.30. The molecule has 0 radical (unpaired) electrons. The fourth-order valence-corrected chi connectivity index (χ4v) is 10.0. The molecule has 0 saturated heterocycles. The third kappa shape index (κ3) is 53.0. The van der Waals surface area contributed by atoms with E-state index in [1.807, 2.05) is 27.2 Å². The second-order valence-corrected chi connectivity index (χ2v) is 23.5. The molecule has 68 heavy (non-hydrogen) atoms. The maximum atomic E-state index is 13.0. The fourth-order valence-electron chi connectivity index (χ4n) is 9.28. The Bertz CT molecular complexity index is 1120. The van der Waals surface area contributed by atoms with Gasteiger partial charge in [0.2, 0.25) is 5.91 Å². The molecule has 3 unspecified atom stereocenters. The molecule has 0 aliphatic carbocycles. The zero-order chi connectivity index (χ0) is 49.9. The van der Waals surface area contributed by atoms with E-state index in [-0.39, 0.29) is 19.1 Å². The van der Waals surface area contributed by atoms with Crippen LogP contribution in [-0.4, -0.2) is 73.4 Å². The topological polar surface area (TPSA) is 105 Å². The van der Waals surface area contributed by atoms with E-state index in [1.165, 1.54) is 257 Å². The minimum Gasteiger partial charge on any atom is -0.387 e. The molecule has 3 N–H and O–H groups in total. The third-order valence-corrected chi connectivity index (χ3v) is 15.0. The van der Waals surface area contributed by atoms with Gasteiger partial charge in [0.05, 0.1) is 39.9 Å². The molecule has 0 saturated carbocycles. The van der Waals surface area contributed by atoms with Crippen LogP contribution in [0, 0.1) is 0 Å². The molecule has 0 aromatic carbocycles. The number of hydrogen-bond donors (Lipinski definition) is 3. The van der Waals surface area contributed by atoms with Gasteiger partial charge in [0.1, 0.15) is 13.2 Å². The predicted molar refractivity (Wildman–Crippen MR) is 295 cm³/mol. The molecular weight excluding hydrogens is 864 g/mol. The number of phosphoric ester groups is 1. The summed E-state index contributed by atoms with van der Waals surface area (Å²) in [5.41, 5.74) is 0. The molecule has 0 aromatic heterocycles. The lowest BCUT2D eigenvalue weighted by Crippen LogP contribution is -2.45. The predicted octanol–water partition coefficient (Wildman–Crippen LogP) is 18.2. The van der Waals surface area contributed by atoms with Crippen molar-refractivity contribution in [3.63, 3.8) is 0 Å². The van der Waals surface area contributed by atoms with Gasteiger partial charge in [0.25, 0.3) is 0 Å². The Morgan fingerprint density at radius 3 is 1.09 bits per heavy atom. The fraction of sp³-hybridized carbons (Fsp3) is 0.949. The molecular formula is C59H120N2O6P+. The summed E-state index contributed by atoms with van der Waals surface area (Å²) in [6, 6.07) is -0.842. The van der Waals surface area contributed by atoms with Crippen molar-refractivity contribution in [1.29, 1.82) is 0 Å². The molecule has 1 amide bonds. The van der Waals surface area contributed by atoms with Crippen molar-refractivity contribution >= 4 is 13.7 Å². The third-order valence-electron chi connectivity index (χ3n) is 14.0. The highest BCUT2D eigenvalue weighted by Crippen LogP contribution is 2.43. The van der Waals surface area contributed by atoms with E-state index in [0.717, 1.165) is 32.1 Å². The Labute approximate surface area is 424 Å². The number of rotatable bonds is 56. The van der Waals surface area contributed by atoms with Gasteiger partial charge in [-0.25, -0.2) is 4.57 Å². The van der Waals surface area contributed by atoms with Gasteiger partial charge in [-0.15, -0.1) is 0 Å². The molecule has 0 rings (SSSR count). The van der Waals surface area contributed by atoms with Crippen LogP contribution in [0.4, 0.5) is 0 Å².